The smallest absolute Gasteiger partial charge is 0.209 e. The number of anilines is 3. The van der Waals surface area contributed by atoms with Crippen molar-refractivity contribution in [2.75, 3.05) is 36.4 Å². The van der Waals surface area contributed by atoms with Crippen LogP contribution in [0.2, 0.25) is 5.02 Å². The number of carbonyl (C=O) groups excluding carboxylic acids is 1. The second-order valence-electron chi connectivity index (χ2n) is 5.42. The Labute approximate surface area is 140 Å². The van der Waals surface area contributed by atoms with E-state index in [1.54, 1.807) is 4.90 Å². The molecule has 23 heavy (non-hydrogen) atoms. The molecular formula is C16H18ClN5O. The van der Waals surface area contributed by atoms with Crippen molar-refractivity contribution < 1.29 is 4.79 Å². The van der Waals surface area contributed by atoms with E-state index in [2.05, 4.69) is 20.2 Å². The summed E-state index contributed by atoms with van der Waals surface area (Å²) < 4.78 is 0. The third-order valence-corrected chi connectivity index (χ3v) is 3.98. The lowest BCUT2D eigenvalue weighted by Gasteiger charge is -2.33. The van der Waals surface area contributed by atoms with Gasteiger partial charge in [-0.2, -0.15) is 0 Å². The maximum atomic E-state index is 10.8. The summed E-state index contributed by atoms with van der Waals surface area (Å²) in [7, 11) is 0. The number of rotatable bonds is 4. The van der Waals surface area contributed by atoms with Gasteiger partial charge in [0.15, 0.2) is 0 Å². The van der Waals surface area contributed by atoms with Gasteiger partial charge in [-0.3, -0.25) is 4.79 Å². The van der Waals surface area contributed by atoms with Crippen molar-refractivity contribution >= 4 is 35.3 Å². The fraction of sp³-hybridized carbons (Fsp3) is 0.312. The quantitative estimate of drug-likeness (QED) is 0.872. The number of hydrogen-bond acceptors (Lipinski definition) is 5. The Balaban J connectivity index is 1.76. The minimum Gasteiger partial charge on any atom is -0.353 e. The van der Waals surface area contributed by atoms with Crippen LogP contribution in [0.1, 0.15) is 5.82 Å². The van der Waals surface area contributed by atoms with Gasteiger partial charge in [-0.15, -0.1) is 0 Å². The van der Waals surface area contributed by atoms with Gasteiger partial charge in [0.25, 0.3) is 0 Å². The lowest BCUT2D eigenvalue weighted by Crippen LogP contribution is -2.46. The normalized spacial score (nSPS) is 14.7. The highest BCUT2D eigenvalue weighted by Crippen LogP contribution is 2.22. The van der Waals surface area contributed by atoms with Crippen molar-refractivity contribution in [1.29, 1.82) is 0 Å². The number of benzene rings is 1. The molecule has 1 N–H and O–H groups in total. The Morgan fingerprint density at radius 3 is 2.48 bits per heavy atom. The number of piperazine rings is 1. The van der Waals surface area contributed by atoms with Crippen LogP contribution in [0.15, 0.2) is 30.3 Å². The number of halogens is 1. The predicted molar refractivity (Wildman–Crippen MR) is 91.4 cm³/mol. The van der Waals surface area contributed by atoms with Gasteiger partial charge in [0.2, 0.25) is 6.41 Å². The monoisotopic (exact) mass is 331 g/mol. The minimum absolute atomic E-state index is 0.697. The molecular weight excluding hydrogens is 314 g/mol. The first-order valence-corrected chi connectivity index (χ1v) is 7.84. The molecule has 1 fully saturated rings. The number of aromatic nitrogens is 2. The maximum Gasteiger partial charge on any atom is 0.209 e. The molecule has 1 amide bonds. The Kier molecular flexibility index (Phi) is 4.62. The van der Waals surface area contributed by atoms with E-state index in [0.717, 1.165) is 36.8 Å². The van der Waals surface area contributed by atoms with Crippen molar-refractivity contribution in [2.45, 2.75) is 6.92 Å². The molecule has 1 aromatic heterocycles. The number of amides is 1. The Hall–Kier alpha value is -2.34. The van der Waals surface area contributed by atoms with Gasteiger partial charge >= 0.3 is 0 Å². The van der Waals surface area contributed by atoms with E-state index in [4.69, 9.17) is 11.6 Å². The second kappa shape index (κ2) is 6.83. The SMILES string of the molecule is Cc1nc(Nc2ccc(Cl)cc2)cc(N2CCN(C=O)CC2)n1. The zero-order chi connectivity index (χ0) is 16.2. The lowest BCUT2D eigenvalue weighted by molar-refractivity contribution is -0.118. The molecule has 1 aliphatic rings. The van der Waals surface area contributed by atoms with E-state index < -0.39 is 0 Å². The summed E-state index contributed by atoms with van der Waals surface area (Å²) in [5.74, 6) is 2.32. The molecule has 2 heterocycles. The first-order valence-electron chi connectivity index (χ1n) is 7.46. The number of nitrogens with zero attached hydrogens (tertiary/aromatic N) is 4. The van der Waals surface area contributed by atoms with Crippen molar-refractivity contribution in [1.82, 2.24) is 14.9 Å². The topological polar surface area (TPSA) is 61.4 Å². The lowest BCUT2D eigenvalue weighted by atomic mass is 10.3. The molecule has 0 saturated carbocycles. The number of aryl methyl sites for hydroxylation is 1. The maximum absolute atomic E-state index is 10.8. The largest absolute Gasteiger partial charge is 0.353 e. The molecule has 1 aliphatic heterocycles. The summed E-state index contributed by atoms with van der Waals surface area (Å²) in [5.41, 5.74) is 0.921. The third kappa shape index (κ3) is 3.90. The zero-order valence-corrected chi connectivity index (χ0v) is 13.6. The standard InChI is InChI=1S/C16H18ClN5O/c1-12-18-15(20-14-4-2-13(17)3-5-14)10-16(19-12)22-8-6-21(11-23)7-9-22/h2-5,10-11H,6-9H2,1H3,(H,18,19,20). The molecule has 0 aliphatic carbocycles. The molecule has 0 unspecified atom stereocenters. The number of hydrogen-bond donors (Lipinski definition) is 1. The first-order chi connectivity index (χ1) is 11.1. The van der Waals surface area contributed by atoms with Gasteiger partial charge in [-0.25, -0.2) is 9.97 Å². The molecule has 0 radical (unpaired) electrons. The molecule has 1 aromatic carbocycles. The zero-order valence-electron chi connectivity index (χ0n) is 12.9. The van der Waals surface area contributed by atoms with Gasteiger partial charge < -0.3 is 15.1 Å². The molecule has 2 aromatic rings. The van der Waals surface area contributed by atoms with Gasteiger partial charge in [0.05, 0.1) is 0 Å². The summed E-state index contributed by atoms with van der Waals surface area (Å²) in [5, 5.41) is 3.97. The molecule has 7 heteroatoms. The van der Waals surface area contributed by atoms with E-state index in [-0.39, 0.29) is 0 Å². The third-order valence-electron chi connectivity index (χ3n) is 3.73. The highest BCUT2D eigenvalue weighted by atomic mass is 35.5. The van der Waals surface area contributed by atoms with Crippen molar-refractivity contribution in [2.24, 2.45) is 0 Å². The fourth-order valence-corrected chi connectivity index (χ4v) is 2.64. The van der Waals surface area contributed by atoms with E-state index >= 15 is 0 Å². The highest BCUT2D eigenvalue weighted by Gasteiger charge is 2.17. The van der Waals surface area contributed by atoms with Crippen LogP contribution in [0.5, 0.6) is 0 Å². The van der Waals surface area contributed by atoms with Crippen molar-refractivity contribution in [3.8, 4) is 0 Å². The molecule has 120 valence electrons. The summed E-state index contributed by atoms with van der Waals surface area (Å²) >= 11 is 5.90. The molecule has 3 rings (SSSR count). The number of carbonyl (C=O) groups is 1. The fourth-order valence-electron chi connectivity index (χ4n) is 2.52. The van der Waals surface area contributed by atoms with Gasteiger partial charge in [0, 0.05) is 43.0 Å². The van der Waals surface area contributed by atoms with E-state index in [1.165, 1.54) is 0 Å². The average molecular weight is 332 g/mol. The van der Waals surface area contributed by atoms with E-state index in [1.807, 2.05) is 37.3 Å². The van der Waals surface area contributed by atoms with E-state index in [9.17, 15) is 4.79 Å². The van der Waals surface area contributed by atoms with Crippen LogP contribution in [0.3, 0.4) is 0 Å². The van der Waals surface area contributed by atoms with Gasteiger partial charge in [-0.05, 0) is 31.2 Å². The molecule has 0 bridgehead atoms. The Morgan fingerprint density at radius 2 is 1.83 bits per heavy atom. The van der Waals surface area contributed by atoms with Crippen LogP contribution < -0.4 is 10.2 Å². The van der Waals surface area contributed by atoms with Crippen LogP contribution in [0.25, 0.3) is 0 Å². The Morgan fingerprint density at radius 1 is 1.13 bits per heavy atom. The van der Waals surface area contributed by atoms with Crippen LogP contribution in [0.4, 0.5) is 17.3 Å². The molecule has 6 nitrogen and oxygen atoms in total. The van der Waals surface area contributed by atoms with Gasteiger partial charge in [-0.1, -0.05) is 11.6 Å². The van der Waals surface area contributed by atoms with Crippen LogP contribution in [-0.2, 0) is 4.79 Å². The molecule has 0 atom stereocenters. The van der Waals surface area contributed by atoms with Crippen LogP contribution in [0, 0.1) is 6.92 Å². The second-order valence-corrected chi connectivity index (χ2v) is 5.86. The molecule has 1 saturated heterocycles. The number of nitrogens with one attached hydrogen (secondary N) is 1. The highest BCUT2D eigenvalue weighted by molar-refractivity contribution is 6.30. The summed E-state index contributed by atoms with van der Waals surface area (Å²) in [6, 6.07) is 9.40. The summed E-state index contributed by atoms with van der Waals surface area (Å²) in [4.78, 5) is 23.7. The van der Waals surface area contributed by atoms with Crippen molar-refractivity contribution in [3.63, 3.8) is 0 Å². The average Bonchev–Trinajstić information content (AvgIpc) is 2.56. The first kappa shape index (κ1) is 15.6. The molecule has 0 spiro atoms. The van der Waals surface area contributed by atoms with Crippen molar-refractivity contribution in [3.05, 3.63) is 41.2 Å². The Bertz CT molecular complexity index is 683. The predicted octanol–water partition coefficient (Wildman–Crippen LogP) is 2.46. The van der Waals surface area contributed by atoms with Crippen LogP contribution >= 0.6 is 11.6 Å². The van der Waals surface area contributed by atoms with Crippen LogP contribution in [-0.4, -0.2) is 47.5 Å². The van der Waals surface area contributed by atoms with E-state index in [0.29, 0.717) is 23.9 Å². The summed E-state index contributed by atoms with van der Waals surface area (Å²) in [6.45, 7) is 4.85. The minimum atomic E-state index is 0.697. The summed E-state index contributed by atoms with van der Waals surface area (Å²) in [6.07, 6.45) is 0.899. The van der Waals surface area contributed by atoms with Gasteiger partial charge in [0.1, 0.15) is 17.5 Å².